The molecule has 86 valence electrons. The smallest absolute Gasteiger partial charge is 0.173 e. The van der Waals surface area contributed by atoms with E-state index in [0.29, 0.717) is 0 Å². The molecule has 0 saturated carbocycles. The molecule has 1 atom stereocenters. The van der Waals surface area contributed by atoms with Crippen molar-refractivity contribution < 1.29 is 4.42 Å². The fourth-order valence-corrected chi connectivity index (χ4v) is 2.18. The zero-order valence-corrected chi connectivity index (χ0v) is 10.6. The van der Waals surface area contributed by atoms with Gasteiger partial charge in [0.25, 0.3) is 0 Å². The fourth-order valence-electron chi connectivity index (χ4n) is 1.65. The second-order valence-corrected chi connectivity index (χ2v) is 4.54. The highest BCUT2D eigenvalue weighted by Gasteiger charge is 2.12. The number of nitrogens with two attached hydrogens (primary N) is 1. The lowest BCUT2D eigenvalue weighted by Gasteiger charge is -2.08. The molecule has 0 radical (unpaired) electrons. The summed E-state index contributed by atoms with van der Waals surface area (Å²) in [5.41, 5.74) is 8.30. The Kier molecular flexibility index (Phi) is 3.46. The summed E-state index contributed by atoms with van der Waals surface area (Å²) in [7, 11) is 1.91. The van der Waals surface area contributed by atoms with Gasteiger partial charge >= 0.3 is 0 Å². The van der Waals surface area contributed by atoms with Crippen LogP contribution in [0.2, 0.25) is 0 Å². The summed E-state index contributed by atoms with van der Waals surface area (Å²) >= 11 is 3.33. The third-order valence-corrected chi connectivity index (χ3v) is 3.19. The van der Waals surface area contributed by atoms with Gasteiger partial charge in [-0.25, -0.2) is 0 Å². The first kappa shape index (κ1) is 11.4. The molecular weight excluding hydrogens is 270 g/mol. The quantitative estimate of drug-likeness (QED) is 0.938. The van der Waals surface area contributed by atoms with Crippen LogP contribution in [0.15, 0.2) is 33.8 Å². The minimum Gasteiger partial charge on any atom is -0.457 e. The number of aryl methyl sites for hydroxylation is 2. The van der Waals surface area contributed by atoms with E-state index < -0.39 is 0 Å². The van der Waals surface area contributed by atoms with Crippen LogP contribution in [0.25, 0.3) is 0 Å². The lowest BCUT2D eigenvalue weighted by molar-refractivity contribution is 0.527. The second kappa shape index (κ2) is 4.84. The Morgan fingerprint density at radius 1 is 1.62 bits per heavy atom. The Morgan fingerprint density at radius 2 is 2.44 bits per heavy atom. The maximum atomic E-state index is 6.08. The highest BCUT2D eigenvalue weighted by Crippen LogP contribution is 2.25. The molecule has 0 fully saturated rings. The predicted molar refractivity (Wildman–Crippen MR) is 64.9 cm³/mol. The standard InChI is InChI=1S/C11H14BrN3O/c1-15-7-8(6-14-15)2-3-10(13)9-4-5-16-11(9)12/h4-7,10H,2-3,13H2,1H3. The predicted octanol–water partition coefficient (Wildman–Crippen LogP) is 2.41. The molecule has 0 aliphatic rings. The minimum absolute atomic E-state index is 0.00617. The molecule has 0 bridgehead atoms. The first-order valence-electron chi connectivity index (χ1n) is 5.13. The van der Waals surface area contributed by atoms with Gasteiger partial charge in [0.1, 0.15) is 0 Å². The van der Waals surface area contributed by atoms with Crippen molar-refractivity contribution in [1.29, 1.82) is 0 Å². The van der Waals surface area contributed by atoms with Crippen molar-refractivity contribution >= 4 is 15.9 Å². The normalized spacial score (nSPS) is 12.9. The Balaban J connectivity index is 1.93. The highest BCUT2D eigenvalue weighted by molar-refractivity contribution is 9.10. The zero-order chi connectivity index (χ0) is 11.5. The average molecular weight is 284 g/mol. The minimum atomic E-state index is -0.00617. The van der Waals surface area contributed by atoms with Crippen molar-refractivity contribution in [1.82, 2.24) is 9.78 Å². The van der Waals surface area contributed by atoms with E-state index in [1.165, 1.54) is 5.56 Å². The summed E-state index contributed by atoms with van der Waals surface area (Å²) in [6.07, 6.45) is 7.33. The molecular formula is C11H14BrN3O. The Hall–Kier alpha value is -1.07. The molecule has 0 aliphatic carbocycles. The van der Waals surface area contributed by atoms with E-state index >= 15 is 0 Å². The number of hydrogen-bond acceptors (Lipinski definition) is 3. The molecule has 0 amide bonds. The molecule has 0 spiro atoms. The SMILES string of the molecule is Cn1cc(CCC(N)c2ccoc2Br)cn1. The number of aromatic nitrogens is 2. The van der Waals surface area contributed by atoms with Crippen LogP contribution < -0.4 is 5.73 Å². The monoisotopic (exact) mass is 283 g/mol. The van der Waals surface area contributed by atoms with Crippen LogP contribution in [0.4, 0.5) is 0 Å². The molecule has 4 nitrogen and oxygen atoms in total. The van der Waals surface area contributed by atoms with Crippen LogP contribution in [0, 0.1) is 0 Å². The number of rotatable bonds is 4. The van der Waals surface area contributed by atoms with Crippen LogP contribution in [-0.2, 0) is 13.5 Å². The van der Waals surface area contributed by atoms with E-state index in [-0.39, 0.29) is 6.04 Å². The maximum absolute atomic E-state index is 6.08. The van der Waals surface area contributed by atoms with Crippen LogP contribution in [0.1, 0.15) is 23.6 Å². The fraction of sp³-hybridized carbons (Fsp3) is 0.364. The molecule has 2 N–H and O–H groups in total. The molecule has 2 aromatic rings. The van der Waals surface area contributed by atoms with Crippen molar-refractivity contribution in [3.63, 3.8) is 0 Å². The Morgan fingerprint density at radius 3 is 3.00 bits per heavy atom. The van der Waals surface area contributed by atoms with Gasteiger partial charge in [-0.15, -0.1) is 0 Å². The van der Waals surface area contributed by atoms with E-state index in [2.05, 4.69) is 21.0 Å². The Bertz CT molecular complexity index is 463. The summed E-state index contributed by atoms with van der Waals surface area (Å²) in [6.45, 7) is 0. The van der Waals surface area contributed by atoms with Crippen molar-refractivity contribution in [3.8, 4) is 0 Å². The number of nitrogens with zero attached hydrogens (tertiary/aromatic N) is 2. The van der Waals surface area contributed by atoms with Gasteiger partial charge < -0.3 is 10.2 Å². The van der Waals surface area contributed by atoms with Crippen LogP contribution in [0.5, 0.6) is 0 Å². The number of hydrogen-bond donors (Lipinski definition) is 1. The second-order valence-electron chi connectivity index (χ2n) is 3.82. The summed E-state index contributed by atoms with van der Waals surface area (Å²) in [4.78, 5) is 0. The summed E-state index contributed by atoms with van der Waals surface area (Å²) in [6, 6.07) is 1.89. The molecule has 2 rings (SSSR count). The molecule has 16 heavy (non-hydrogen) atoms. The molecule has 0 aromatic carbocycles. The molecule has 1 unspecified atom stereocenters. The summed E-state index contributed by atoms with van der Waals surface area (Å²) < 4.78 is 7.69. The van der Waals surface area contributed by atoms with Crippen LogP contribution in [0.3, 0.4) is 0 Å². The first-order chi connectivity index (χ1) is 7.66. The van der Waals surface area contributed by atoms with Crippen molar-refractivity contribution in [2.24, 2.45) is 12.8 Å². The van der Waals surface area contributed by atoms with Crippen molar-refractivity contribution in [3.05, 3.63) is 40.5 Å². The van der Waals surface area contributed by atoms with Crippen molar-refractivity contribution in [2.75, 3.05) is 0 Å². The molecule has 2 aromatic heterocycles. The van der Waals surface area contributed by atoms with Crippen LogP contribution in [-0.4, -0.2) is 9.78 Å². The van der Waals surface area contributed by atoms with Gasteiger partial charge in [0.2, 0.25) is 0 Å². The molecule has 0 aliphatic heterocycles. The zero-order valence-electron chi connectivity index (χ0n) is 9.06. The average Bonchev–Trinajstić information content (AvgIpc) is 2.84. The largest absolute Gasteiger partial charge is 0.457 e. The lowest BCUT2D eigenvalue weighted by atomic mass is 10.0. The van der Waals surface area contributed by atoms with Gasteiger partial charge in [-0.1, -0.05) is 0 Å². The van der Waals surface area contributed by atoms with E-state index in [1.54, 1.807) is 10.9 Å². The molecule has 5 heteroatoms. The Labute approximate surface area is 103 Å². The van der Waals surface area contributed by atoms with Gasteiger partial charge in [0, 0.05) is 24.8 Å². The molecule has 0 saturated heterocycles. The number of furan rings is 1. The summed E-state index contributed by atoms with van der Waals surface area (Å²) in [5.74, 6) is 0. The highest BCUT2D eigenvalue weighted by atomic mass is 79.9. The third-order valence-electron chi connectivity index (χ3n) is 2.55. The number of halogens is 1. The van der Waals surface area contributed by atoms with E-state index in [4.69, 9.17) is 10.2 Å². The van der Waals surface area contributed by atoms with Gasteiger partial charge in [-0.05, 0) is 40.4 Å². The van der Waals surface area contributed by atoms with Gasteiger partial charge in [-0.2, -0.15) is 5.10 Å². The van der Waals surface area contributed by atoms with Crippen LogP contribution >= 0.6 is 15.9 Å². The molecule has 2 heterocycles. The van der Waals surface area contributed by atoms with Gasteiger partial charge in [0.15, 0.2) is 4.67 Å². The van der Waals surface area contributed by atoms with E-state index in [1.807, 2.05) is 25.5 Å². The maximum Gasteiger partial charge on any atom is 0.173 e. The third kappa shape index (κ3) is 2.54. The van der Waals surface area contributed by atoms with Crippen molar-refractivity contribution in [2.45, 2.75) is 18.9 Å². The lowest BCUT2D eigenvalue weighted by Crippen LogP contribution is -2.10. The topological polar surface area (TPSA) is 57.0 Å². The van der Waals surface area contributed by atoms with E-state index in [9.17, 15) is 0 Å². The summed E-state index contributed by atoms with van der Waals surface area (Å²) in [5, 5.41) is 4.12. The van der Waals surface area contributed by atoms with E-state index in [0.717, 1.165) is 23.1 Å². The van der Waals surface area contributed by atoms with Gasteiger partial charge in [-0.3, -0.25) is 4.68 Å². The first-order valence-corrected chi connectivity index (χ1v) is 5.92. The van der Waals surface area contributed by atoms with Gasteiger partial charge in [0.05, 0.1) is 12.5 Å².